The summed E-state index contributed by atoms with van der Waals surface area (Å²) in [6.45, 7) is 11.6. The molecule has 1 atom stereocenters. The van der Waals surface area contributed by atoms with Gasteiger partial charge in [-0.05, 0) is 45.0 Å². The van der Waals surface area contributed by atoms with Crippen molar-refractivity contribution in [3.8, 4) is 0 Å². The normalized spacial score (nSPS) is 16.7. The summed E-state index contributed by atoms with van der Waals surface area (Å²) in [5, 5.41) is 15.2. The van der Waals surface area contributed by atoms with Crippen LogP contribution in [0.25, 0.3) is 0 Å². The van der Waals surface area contributed by atoms with Crippen LogP contribution in [-0.2, 0) is 0 Å². The second-order valence-corrected chi connectivity index (χ2v) is 8.49. The molecule has 0 radical (unpaired) electrons. The Labute approximate surface area is 185 Å². The Morgan fingerprint density at radius 3 is 2.71 bits per heavy atom. The van der Waals surface area contributed by atoms with Crippen molar-refractivity contribution in [2.75, 3.05) is 32.2 Å². The van der Waals surface area contributed by atoms with Gasteiger partial charge >= 0.3 is 6.03 Å². The number of rotatable bonds is 11. The van der Waals surface area contributed by atoms with Crippen molar-refractivity contribution in [1.82, 2.24) is 26.6 Å². The van der Waals surface area contributed by atoms with Crippen LogP contribution in [0.2, 0.25) is 0 Å². The summed E-state index contributed by atoms with van der Waals surface area (Å²) in [4.78, 5) is 26.7. The highest BCUT2D eigenvalue weighted by Gasteiger charge is 2.27. The Balaban J connectivity index is 2.04. The molecule has 1 aliphatic heterocycles. The zero-order valence-electron chi connectivity index (χ0n) is 19.3. The number of hydrogen-bond acceptors (Lipinski definition) is 5. The average molecular weight is 429 g/mol. The number of nitrogens with zero attached hydrogens (tertiary/aromatic N) is 1. The minimum atomic E-state index is -0.207. The third kappa shape index (κ3) is 6.75. The van der Waals surface area contributed by atoms with Gasteiger partial charge in [-0.25, -0.2) is 4.79 Å². The Bertz CT molecular complexity index is 833. The molecule has 3 amide bonds. The highest BCUT2D eigenvalue weighted by Crippen LogP contribution is 2.30. The van der Waals surface area contributed by atoms with E-state index in [0.717, 1.165) is 17.8 Å². The van der Waals surface area contributed by atoms with Crippen LogP contribution in [0.5, 0.6) is 0 Å². The van der Waals surface area contributed by atoms with Gasteiger partial charge in [0.05, 0.1) is 6.67 Å². The van der Waals surface area contributed by atoms with Crippen LogP contribution in [0.4, 0.5) is 10.5 Å². The number of anilines is 1. The van der Waals surface area contributed by atoms with E-state index < -0.39 is 0 Å². The lowest BCUT2D eigenvalue weighted by Crippen LogP contribution is -2.32. The van der Waals surface area contributed by atoms with Gasteiger partial charge in [0, 0.05) is 53.9 Å². The number of carbonyl (C=O) groups excluding carboxylic acids is 2. The van der Waals surface area contributed by atoms with E-state index in [9.17, 15) is 9.59 Å². The molecule has 0 aliphatic carbocycles. The van der Waals surface area contributed by atoms with Crippen LogP contribution in [-0.4, -0.2) is 45.3 Å². The minimum Gasteiger partial charge on any atom is -0.393 e. The highest BCUT2D eigenvalue weighted by atomic mass is 16.2. The van der Waals surface area contributed by atoms with Gasteiger partial charge in [-0.3, -0.25) is 9.69 Å². The van der Waals surface area contributed by atoms with E-state index in [-0.39, 0.29) is 23.4 Å². The number of hydrogen-bond donors (Lipinski definition) is 5. The van der Waals surface area contributed by atoms with Crippen LogP contribution < -0.4 is 31.5 Å². The number of amides is 3. The lowest BCUT2D eigenvalue weighted by atomic mass is 9.84. The van der Waals surface area contributed by atoms with Gasteiger partial charge in [-0.2, -0.15) is 0 Å². The first-order valence-corrected chi connectivity index (χ1v) is 10.6. The molecule has 2 rings (SSSR count). The Morgan fingerprint density at radius 2 is 2.10 bits per heavy atom. The van der Waals surface area contributed by atoms with Crippen LogP contribution >= 0.6 is 0 Å². The number of carbonyl (C=O) groups is 2. The van der Waals surface area contributed by atoms with Gasteiger partial charge in [-0.1, -0.05) is 26.5 Å². The molecule has 1 aliphatic rings. The summed E-state index contributed by atoms with van der Waals surface area (Å²) < 4.78 is 0. The van der Waals surface area contributed by atoms with Gasteiger partial charge < -0.3 is 26.6 Å². The van der Waals surface area contributed by atoms with Crippen molar-refractivity contribution >= 4 is 17.6 Å². The molecule has 8 nitrogen and oxygen atoms in total. The van der Waals surface area contributed by atoms with Crippen LogP contribution in [0.1, 0.15) is 44.0 Å². The maximum atomic E-state index is 12.9. The fourth-order valence-corrected chi connectivity index (χ4v) is 3.32. The second kappa shape index (κ2) is 10.9. The molecule has 1 heterocycles. The summed E-state index contributed by atoms with van der Waals surface area (Å²) in [5.41, 5.74) is 2.81. The molecule has 0 spiro atoms. The van der Waals surface area contributed by atoms with Gasteiger partial charge in [0.2, 0.25) is 0 Å². The van der Waals surface area contributed by atoms with Crippen molar-refractivity contribution in [2.24, 2.45) is 5.41 Å². The molecule has 0 aromatic heterocycles. The molecule has 0 bridgehead atoms. The molecular weight excluding hydrogens is 392 g/mol. The van der Waals surface area contributed by atoms with Crippen molar-refractivity contribution in [2.45, 2.75) is 39.7 Å². The van der Waals surface area contributed by atoms with Crippen molar-refractivity contribution in [3.63, 3.8) is 0 Å². The smallest absolute Gasteiger partial charge is 0.322 e. The van der Waals surface area contributed by atoms with E-state index in [0.29, 0.717) is 30.9 Å². The van der Waals surface area contributed by atoms with Gasteiger partial charge in [-0.15, -0.1) is 0 Å². The van der Waals surface area contributed by atoms with E-state index in [1.165, 1.54) is 0 Å². The number of urea groups is 1. The van der Waals surface area contributed by atoms with E-state index in [1.807, 2.05) is 20.0 Å². The number of benzene rings is 1. The first-order chi connectivity index (χ1) is 14.7. The molecule has 1 fully saturated rings. The minimum absolute atomic E-state index is 0.0795. The molecule has 0 saturated carbocycles. The monoisotopic (exact) mass is 428 g/mol. The molecule has 1 saturated heterocycles. The first kappa shape index (κ1) is 24.3. The fourth-order valence-electron chi connectivity index (χ4n) is 3.32. The van der Waals surface area contributed by atoms with Crippen LogP contribution in [0.3, 0.4) is 0 Å². The van der Waals surface area contributed by atoms with Gasteiger partial charge in [0.15, 0.2) is 0 Å². The van der Waals surface area contributed by atoms with Gasteiger partial charge in [0.25, 0.3) is 5.91 Å². The second-order valence-electron chi connectivity index (χ2n) is 8.49. The summed E-state index contributed by atoms with van der Waals surface area (Å²) in [5.74, 6) is -0.207. The van der Waals surface area contributed by atoms with E-state index in [2.05, 4.69) is 47.0 Å². The molecule has 1 aromatic carbocycles. The maximum absolute atomic E-state index is 12.9. The molecule has 1 aromatic rings. The standard InChI is InChI=1S/C23H36N6O2/c1-16-14-29(22(31)27-16)20-9-7-8-18(12-20)21(30)28-19(13-24-5)10-11-23(3,4)17(2)26-15-25-6/h7-9,12-13,16,24-26H,2,10-11,14-15H2,1,3-6H3,(H,27,31)(H,28,30)/b19-13+/t16-/m1/s1. The average Bonchev–Trinajstić information content (AvgIpc) is 3.08. The Kier molecular flexibility index (Phi) is 8.50. The Hall–Kier alpha value is -3.00. The predicted octanol–water partition coefficient (Wildman–Crippen LogP) is 2.48. The first-order valence-electron chi connectivity index (χ1n) is 10.6. The lowest BCUT2D eigenvalue weighted by Gasteiger charge is -2.29. The van der Waals surface area contributed by atoms with Crippen molar-refractivity contribution in [1.29, 1.82) is 0 Å². The maximum Gasteiger partial charge on any atom is 0.322 e. The van der Waals surface area contributed by atoms with Gasteiger partial charge in [0.1, 0.15) is 0 Å². The third-order valence-corrected chi connectivity index (χ3v) is 5.40. The summed E-state index contributed by atoms with van der Waals surface area (Å²) in [6.07, 6.45) is 3.28. The predicted molar refractivity (Wildman–Crippen MR) is 126 cm³/mol. The van der Waals surface area contributed by atoms with Crippen LogP contribution in [0.15, 0.2) is 48.4 Å². The van der Waals surface area contributed by atoms with E-state index in [4.69, 9.17) is 0 Å². The number of nitrogens with one attached hydrogen (secondary N) is 5. The highest BCUT2D eigenvalue weighted by molar-refractivity contribution is 5.99. The molecule has 170 valence electrons. The largest absolute Gasteiger partial charge is 0.393 e. The summed E-state index contributed by atoms with van der Waals surface area (Å²) in [6, 6.07) is 7.07. The molecule has 5 N–H and O–H groups in total. The van der Waals surface area contributed by atoms with E-state index >= 15 is 0 Å². The summed E-state index contributed by atoms with van der Waals surface area (Å²) in [7, 11) is 3.68. The lowest BCUT2D eigenvalue weighted by molar-refractivity contribution is 0.0963. The topological polar surface area (TPSA) is 97.5 Å². The fraction of sp³-hybridized carbons (Fsp3) is 0.478. The van der Waals surface area contributed by atoms with Crippen molar-refractivity contribution < 1.29 is 9.59 Å². The van der Waals surface area contributed by atoms with Crippen LogP contribution in [0, 0.1) is 5.41 Å². The molecular formula is C23H36N6O2. The van der Waals surface area contributed by atoms with Crippen molar-refractivity contribution in [3.05, 3.63) is 54.0 Å². The van der Waals surface area contributed by atoms with E-state index in [1.54, 1.807) is 36.3 Å². The zero-order valence-corrected chi connectivity index (χ0v) is 19.3. The summed E-state index contributed by atoms with van der Waals surface area (Å²) >= 11 is 0. The third-order valence-electron chi connectivity index (χ3n) is 5.40. The quantitative estimate of drug-likeness (QED) is 0.349. The molecule has 8 heteroatoms. The SMILES string of the molecule is C=C(NCNC)C(C)(C)CC/C(=C\NC)NC(=O)c1cccc(N2C[C@@H](C)NC2=O)c1. The molecule has 31 heavy (non-hydrogen) atoms. The Morgan fingerprint density at radius 1 is 1.35 bits per heavy atom. The molecule has 0 unspecified atom stereocenters. The number of allylic oxidation sites excluding steroid dienone is 2. The zero-order chi connectivity index (χ0) is 23.0.